The molecular formula is C16H20N2S. The molecule has 100 valence electrons. The highest BCUT2D eigenvalue weighted by molar-refractivity contribution is 7.13. The number of hydrogen-bond donors (Lipinski definition) is 1. The fraction of sp³-hybridized carbons (Fsp3) is 0.438. The Morgan fingerprint density at radius 1 is 1.11 bits per heavy atom. The van der Waals surface area contributed by atoms with E-state index in [1.165, 1.54) is 49.8 Å². The second-order valence-electron chi connectivity index (χ2n) is 5.25. The molecule has 0 radical (unpaired) electrons. The highest BCUT2D eigenvalue weighted by atomic mass is 32.1. The van der Waals surface area contributed by atoms with Gasteiger partial charge in [-0.1, -0.05) is 37.8 Å². The summed E-state index contributed by atoms with van der Waals surface area (Å²) in [5, 5.41) is 6.83. The van der Waals surface area contributed by atoms with E-state index in [9.17, 15) is 0 Å². The van der Waals surface area contributed by atoms with Gasteiger partial charge in [0.25, 0.3) is 0 Å². The van der Waals surface area contributed by atoms with Crippen LogP contribution in [0.3, 0.4) is 0 Å². The third kappa shape index (κ3) is 3.35. The summed E-state index contributed by atoms with van der Waals surface area (Å²) in [6.45, 7) is 0. The average Bonchev–Trinajstić information content (AvgIpc) is 2.86. The number of aromatic nitrogens is 1. The van der Waals surface area contributed by atoms with Gasteiger partial charge in [0.05, 0.1) is 0 Å². The van der Waals surface area contributed by atoms with Gasteiger partial charge in [-0.15, -0.1) is 11.3 Å². The predicted octanol–water partition coefficient (Wildman–Crippen LogP) is 4.94. The van der Waals surface area contributed by atoms with Crippen LogP contribution in [-0.4, -0.2) is 11.0 Å². The van der Waals surface area contributed by atoms with Crippen molar-refractivity contribution in [2.45, 2.75) is 44.6 Å². The molecule has 1 fully saturated rings. The number of benzene rings is 1. The summed E-state index contributed by atoms with van der Waals surface area (Å²) < 4.78 is 0. The van der Waals surface area contributed by atoms with Crippen LogP contribution in [0.15, 0.2) is 35.8 Å². The van der Waals surface area contributed by atoms with E-state index in [4.69, 9.17) is 0 Å². The van der Waals surface area contributed by atoms with Gasteiger partial charge in [0.1, 0.15) is 5.01 Å². The normalized spacial score (nSPS) is 17.1. The maximum atomic E-state index is 4.38. The SMILES string of the molecule is c1cc(NC2CCCCCC2)cc(-c2nccs2)c1. The van der Waals surface area contributed by atoms with Crippen LogP contribution in [0.1, 0.15) is 38.5 Å². The zero-order valence-corrected chi connectivity index (χ0v) is 12.0. The minimum atomic E-state index is 0.647. The maximum Gasteiger partial charge on any atom is 0.123 e. The summed E-state index contributed by atoms with van der Waals surface area (Å²) >= 11 is 1.70. The fourth-order valence-corrected chi connectivity index (χ4v) is 3.40. The van der Waals surface area contributed by atoms with Crippen molar-refractivity contribution in [3.8, 4) is 10.6 Å². The summed E-state index contributed by atoms with van der Waals surface area (Å²) in [6, 6.07) is 9.30. The molecule has 1 N–H and O–H groups in total. The Morgan fingerprint density at radius 3 is 2.68 bits per heavy atom. The van der Waals surface area contributed by atoms with Crippen LogP contribution >= 0.6 is 11.3 Å². The Bertz CT molecular complexity index is 499. The molecule has 2 nitrogen and oxygen atoms in total. The van der Waals surface area contributed by atoms with Crippen molar-refractivity contribution >= 4 is 17.0 Å². The van der Waals surface area contributed by atoms with Gasteiger partial charge in [0, 0.05) is 28.9 Å². The lowest BCUT2D eigenvalue weighted by Gasteiger charge is -2.18. The fourth-order valence-electron chi connectivity index (χ4n) is 2.77. The molecule has 1 saturated carbocycles. The van der Waals surface area contributed by atoms with Gasteiger partial charge in [-0.3, -0.25) is 0 Å². The van der Waals surface area contributed by atoms with E-state index < -0.39 is 0 Å². The van der Waals surface area contributed by atoms with E-state index in [-0.39, 0.29) is 0 Å². The number of nitrogens with zero attached hydrogens (tertiary/aromatic N) is 1. The summed E-state index contributed by atoms with van der Waals surface area (Å²) in [7, 11) is 0. The van der Waals surface area contributed by atoms with Crippen LogP contribution in [0.4, 0.5) is 5.69 Å². The Balaban J connectivity index is 1.72. The zero-order chi connectivity index (χ0) is 12.9. The van der Waals surface area contributed by atoms with Crippen LogP contribution < -0.4 is 5.32 Å². The Hall–Kier alpha value is -1.35. The van der Waals surface area contributed by atoms with Crippen molar-refractivity contribution in [2.75, 3.05) is 5.32 Å². The smallest absolute Gasteiger partial charge is 0.123 e. The highest BCUT2D eigenvalue weighted by Gasteiger charge is 2.12. The van der Waals surface area contributed by atoms with Crippen LogP contribution in [0.5, 0.6) is 0 Å². The van der Waals surface area contributed by atoms with Gasteiger partial charge in [0.15, 0.2) is 0 Å². The first kappa shape index (κ1) is 12.7. The molecule has 0 saturated heterocycles. The number of anilines is 1. The van der Waals surface area contributed by atoms with Gasteiger partial charge in [-0.05, 0) is 25.0 Å². The first-order valence-corrected chi connectivity index (χ1v) is 8.06. The van der Waals surface area contributed by atoms with Gasteiger partial charge >= 0.3 is 0 Å². The summed E-state index contributed by atoms with van der Waals surface area (Å²) in [5.74, 6) is 0. The lowest BCUT2D eigenvalue weighted by Crippen LogP contribution is -2.18. The third-order valence-corrected chi connectivity index (χ3v) is 4.59. The second-order valence-corrected chi connectivity index (χ2v) is 6.15. The molecule has 19 heavy (non-hydrogen) atoms. The van der Waals surface area contributed by atoms with Crippen molar-refractivity contribution < 1.29 is 0 Å². The van der Waals surface area contributed by atoms with E-state index in [1.807, 2.05) is 11.6 Å². The van der Waals surface area contributed by atoms with Crippen molar-refractivity contribution in [2.24, 2.45) is 0 Å². The van der Waals surface area contributed by atoms with Gasteiger partial charge in [-0.2, -0.15) is 0 Å². The van der Waals surface area contributed by atoms with Crippen LogP contribution in [-0.2, 0) is 0 Å². The van der Waals surface area contributed by atoms with Crippen LogP contribution in [0.25, 0.3) is 10.6 Å². The van der Waals surface area contributed by atoms with E-state index in [0.29, 0.717) is 6.04 Å². The molecule has 1 aromatic carbocycles. The quantitative estimate of drug-likeness (QED) is 0.800. The first-order valence-electron chi connectivity index (χ1n) is 7.18. The molecule has 3 rings (SSSR count). The Morgan fingerprint density at radius 2 is 1.95 bits per heavy atom. The molecule has 0 spiro atoms. The highest BCUT2D eigenvalue weighted by Crippen LogP contribution is 2.26. The minimum Gasteiger partial charge on any atom is -0.382 e. The van der Waals surface area contributed by atoms with Crippen LogP contribution in [0.2, 0.25) is 0 Å². The number of thiazole rings is 1. The van der Waals surface area contributed by atoms with Crippen molar-refractivity contribution in [1.82, 2.24) is 4.98 Å². The number of hydrogen-bond acceptors (Lipinski definition) is 3. The minimum absolute atomic E-state index is 0.647. The molecule has 0 bridgehead atoms. The molecule has 1 aliphatic carbocycles. The molecular weight excluding hydrogens is 252 g/mol. The number of rotatable bonds is 3. The average molecular weight is 272 g/mol. The van der Waals surface area contributed by atoms with E-state index in [0.717, 1.165) is 5.01 Å². The molecule has 0 atom stereocenters. The summed E-state index contributed by atoms with van der Waals surface area (Å²) in [4.78, 5) is 4.38. The third-order valence-electron chi connectivity index (χ3n) is 3.77. The number of nitrogens with one attached hydrogen (secondary N) is 1. The predicted molar refractivity (Wildman–Crippen MR) is 82.7 cm³/mol. The first-order chi connectivity index (χ1) is 9.42. The summed E-state index contributed by atoms with van der Waals surface area (Å²) in [6.07, 6.45) is 10.0. The lowest BCUT2D eigenvalue weighted by molar-refractivity contribution is 0.620. The summed E-state index contributed by atoms with van der Waals surface area (Å²) in [5.41, 5.74) is 2.45. The van der Waals surface area contributed by atoms with Gasteiger partial charge < -0.3 is 5.32 Å². The topological polar surface area (TPSA) is 24.9 Å². The maximum absolute atomic E-state index is 4.38. The molecule has 0 aliphatic heterocycles. The zero-order valence-electron chi connectivity index (χ0n) is 11.1. The monoisotopic (exact) mass is 272 g/mol. The standard InChI is InChI=1S/C16H20N2S/c1-2-4-8-14(7-3-1)18-15-9-5-6-13(12-15)16-17-10-11-19-16/h5-6,9-12,14,18H,1-4,7-8H2. The molecule has 1 aromatic heterocycles. The molecule has 1 heterocycles. The van der Waals surface area contributed by atoms with E-state index in [1.54, 1.807) is 11.3 Å². The Labute approximate surface area is 118 Å². The molecule has 3 heteroatoms. The molecule has 1 aliphatic rings. The Kier molecular flexibility index (Phi) is 4.13. The van der Waals surface area contributed by atoms with Crippen LogP contribution in [0, 0.1) is 0 Å². The van der Waals surface area contributed by atoms with Crippen molar-refractivity contribution in [3.05, 3.63) is 35.8 Å². The molecule has 2 aromatic rings. The van der Waals surface area contributed by atoms with E-state index >= 15 is 0 Å². The lowest BCUT2D eigenvalue weighted by atomic mass is 10.1. The van der Waals surface area contributed by atoms with Crippen molar-refractivity contribution in [3.63, 3.8) is 0 Å². The van der Waals surface area contributed by atoms with Gasteiger partial charge in [0.2, 0.25) is 0 Å². The molecule has 0 amide bonds. The van der Waals surface area contributed by atoms with Crippen molar-refractivity contribution in [1.29, 1.82) is 0 Å². The largest absolute Gasteiger partial charge is 0.382 e. The molecule has 0 unspecified atom stereocenters. The van der Waals surface area contributed by atoms with Gasteiger partial charge in [-0.25, -0.2) is 4.98 Å². The van der Waals surface area contributed by atoms with E-state index in [2.05, 4.69) is 34.6 Å². The second kappa shape index (κ2) is 6.20.